The lowest BCUT2D eigenvalue weighted by molar-refractivity contribution is -0.264. The Labute approximate surface area is 193 Å². The Morgan fingerprint density at radius 3 is 2.00 bits per heavy atom. The first kappa shape index (κ1) is 26.1. The minimum absolute atomic E-state index is 0.0840. The van der Waals surface area contributed by atoms with Crippen LogP contribution in [-0.4, -0.2) is 41.2 Å². The Morgan fingerprint density at radius 2 is 1.59 bits per heavy atom. The van der Waals surface area contributed by atoms with E-state index in [9.17, 15) is 27.9 Å². The minimum atomic E-state index is -5.19. The summed E-state index contributed by atoms with van der Waals surface area (Å²) in [6, 6.07) is 6.33. The molecule has 0 radical (unpaired) electrons. The molecular formula is C22H22Cl2F3NO4. The summed E-state index contributed by atoms with van der Waals surface area (Å²) >= 11 is 11.4. The van der Waals surface area contributed by atoms with Gasteiger partial charge in [-0.15, -0.1) is 0 Å². The largest absolute Gasteiger partial charge is 0.478 e. The molecule has 32 heavy (non-hydrogen) atoms. The number of aromatic carboxylic acids is 1. The molecular weight excluding hydrogens is 470 g/mol. The van der Waals surface area contributed by atoms with Gasteiger partial charge >= 0.3 is 12.1 Å². The smallest absolute Gasteiger partial charge is 0.421 e. The molecule has 0 amide bonds. The van der Waals surface area contributed by atoms with Gasteiger partial charge in [0.1, 0.15) is 0 Å². The van der Waals surface area contributed by atoms with Crippen molar-refractivity contribution < 1.29 is 33.0 Å². The third-order valence-corrected chi connectivity index (χ3v) is 5.40. The summed E-state index contributed by atoms with van der Waals surface area (Å²) < 4.78 is 40.8. The third-order valence-electron chi connectivity index (χ3n) is 4.96. The number of ketones is 1. The highest BCUT2D eigenvalue weighted by atomic mass is 35.5. The Morgan fingerprint density at radius 1 is 1.03 bits per heavy atom. The molecule has 0 aromatic heterocycles. The fourth-order valence-electron chi connectivity index (χ4n) is 3.20. The molecule has 0 spiro atoms. The predicted octanol–water partition coefficient (Wildman–Crippen LogP) is 5.39. The average Bonchev–Trinajstić information content (AvgIpc) is 3.25. The van der Waals surface area contributed by atoms with Gasteiger partial charge in [-0.1, -0.05) is 29.3 Å². The quantitative estimate of drug-likeness (QED) is 0.488. The fraction of sp³-hybridized carbons (Fsp3) is 0.364. The molecule has 2 aromatic rings. The van der Waals surface area contributed by atoms with Crippen LogP contribution in [0.1, 0.15) is 51.1 Å². The number of carbonyl (C=O) groups excluding carboxylic acids is 1. The van der Waals surface area contributed by atoms with Gasteiger partial charge in [-0.3, -0.25) is 4.79 Å². The molecule has 1 heterocycles. The lowest BCUT2D eigenvalue weighted by atomic mass is 9.86. The summed E-state index contributed by atoms with van der Waals surface area (Å²) in [5.41, 5.74) is -4.22. The Bertz CT molecular complexity index is 966. The van der Waals surface area contributed by atoms with Crippen LogP contribution in [0.3, 0.4) is 0 Å². The van der Waals surface area contributed by atoms with E-state index in [1.165, 1.54) is 38.9 Å². The van der Waals surface area contributed by atoms with Crippen molar-refractivity contribution in [1.29, 1.82) is 0 Å². The standard InChI is InChI=1S/C18H13Cl2F3O4.C4H9N/c1-9-4-10(2-3-14(9)16(25)26)15(24)8-17(27,18(21,22)23)11-5-12(19)7-13(20)6-11;1-2-4-5-3-1/h2-7,27H,8H2,1H3,(H,25,26);5H,1-4H2. The SMILES string of the molecule is C1CCNC1.Cc1cc(C(=O)CC(O)(c2cc(Cl)cc(Cl)c2)C(F)(F)F)ccc1C(=O)O. The molecule has 1 aliphatic heterocycles. The lowest BCUT2D eigenvalue weighted by Crippen LogP contribution is -2.44. The first-order valence-electron chi connectivity index (χ1n) is 9.68. The molecule has 1 saturated heterocycles. The highest BCUT2D eigenvalue weighted by Gasteiger charge is 2.56. The van der Waals surface area contributed by atoms with Crippen molar-refractivity contribution in [1.82, 2.24) is 5.32 Å². The Kier molecular flexibility index (Phi) is 8.70. The van der Waals surface area contributed by atoms with Crippen molar-refractivity contribution in [3.8, 4) is 0 Å². The molecule has 1 unspecified atom stereocenters. The van der Waals surface area contributed by atoms with Gasteiger partial charge in [-0.2, -0.15) is 13.2 Å². The number of nitrogens with one attached hydrogen (secondary N) is 1. The van der Waals surface area contributed by atoms with Gasteiger partial charge in [0.25, 0.3) is 0 Å². The minimum Gasteiger partial charge on any atom is -0.478 e. The molecule has 1 atom stereocenters. The van der Waals surface area contributed by atoms with Gasteiger partial charge in [0, 0.05) is 15.6 Å². The van der Waals surface area contributed by atoms with Gasteiger partial charge in [-0.05, 0) is 74.3 Å². The highest BCUT2D eigenvalue weighted by Crippen LogP contribution is 2.43. The van der Waals surface area contributed by atoms with Crippen molar-refractivity contribution in [3.05, 3.63) is 68.7 Å². The summed E-state index contributed by atoms with van der Waals surface area (Å²) in [6.45, 7) is 3.91. The first-order chi connectivity index (χ1) is 14.8. The van der Waals surface area contributed by atoms with Gasteiger partial charge in [0.2, 0.25) is 0 Å². The molecule has 2 aromatic carbocycles. The maximum absolute atomic E-state index is 13.6. The van der Waals surface area contributed by atoms with Crippen LogP contribution in [0, 0.1) is 6.92 Å². The van der Waals surface area contributed by atoms with Crippen molar-refractivity contribution in [3.63, 3.8) is 0 Å². The van der Waals surface area contributed by atoms with Crippen molar-refractivity contribution in [2.45, 2.75) is 38.0 Å². The second-order valence-electron chi connectivity index (χ2n) is 7.41. The Hall–Kier alpha value is -2.13. The summed E-state index contributed by atoms with van der Waals surface area (Å²) in [5, 5.41) is 22.3. The number of aryl methyl sites for hydroxylation is 1. The van der Waals surface area contributed by atoms with Crippen LogP contribution in [0.4, 0.5) is 13.2 Å². The number of hydrogen-bond donors (Lipinski definition) is 3. The van der Waals surface area contributed by atoms with E-state index >= 15 is 0 Å². The number of aliphatic hydroxyl groups is 1. The molecule has 10 heteroatoms. The summed E-state index contributed by atoms with van der Waals surface area (Å²) in [5.74, 6) is -2.25. The van der Waals surface area contributed by atoms with Crippen LogP contribution in [0.25, 0.3) is 0 Å². The summed E-state index contributed by atoms with van der Waals surface area (Å²) in [7, 11) is 0. The van der Waals surface area contributed by atoms with Crippen LogP contribution >= 0.6 is 23.2 Å². The molecule has 5 nitrogen and oxygen atoms in total. The topological polar surface area (TPSA) is 86.6 Å². The summed E-state index contributed by atoms with van der Waals surface area (Å²) in [6.07, 6.45) is -3.73. The highest BCUT2D eigenvalue weighted by molar-refractivity contribution is 6.34. The molecule has 1 fully saturated rings. The average molecular weight is 492 g/mol. The first-order valence-corrected chi connectivity index (χ1v) is 10.4. The fourth-order valence-corrected chi connectivity index (χ4v) is 3.72. The molecule has 0 aliphatic carbocycles. The van der Waals surface area contributed by atoms with Crippen LogP contribution in [0.15, 0.2) is 36.4 Å². The number of carboxylic acids is 1. The second kappa shape index (κ2) is 10.7. The van der Waals surface area contributed by atoms with E-state index in [1.54, 1.807) is 0 Å². The summed E-state index contributed by atoms with van der Waals surface area (Å²) in [4.78, 5) is 23.4. The number of Topliss-reactive ketones (excluding diaryl/α,β-unsaturated/α-hetero) is 1. The lowest BCUT2D eigenvalue weighted by Gasteiger charge is -2.30. The van der Waals surface area contributed by atoms with E-state index in [4.69, 9.17) is 28.3 Å². The zero-order valence-electron chi connectivity index (χ0n) is 17.1. The number of hydrogen-bond acceptors (Lipinski definition) is 4. The van der Waals surface area contributed by atoms with Crippen LogP contribution in [-0.2, 0) is 5.60 Å². The number of carboxylic acid groups (broad SMARTS) is 1. The van der Waals surface area contributed by atoms with Crippen LogP contribution in [0.5, 0.6) is 0 Å². The van der Waals surface area contributed by atoms with Crippen molar-refractivity contribution in [2.75, 3.05) is 13.1 Å². The van der Waals surface area contributed by atoms with Gasteiger partial charge in [0.15, 0.2) is 11.4 Å². The van der Waals surface area contributed by atoms with Gasteiger partial charge in [0.05, 0.1) is 12.0 Å². The molecule has 3 N–H and O–H groups in total. The van der Waals surface area contributed by atoms with E-state index in [1.807, 2.05) is 0 Å². The van der Waals surface area contributed by atoms with E-state index in [0.29, 0.717) is 0 Å². The number of carbonyl (C=O) groups is 2. The zero-order chi connectivity index (χ0) is 24.1. The maximum Gasteiger partial charge on any atom is 0.421 e. The van der Waals surface area contributed by atoms with E-state index in [2.05, 4.69) is 5.32 Å². The Balaban J connectivity index is 0.000000636. The molecule has 1 aliphatic rings. The molecule has 174 valence electrons. The number of benzene rings is 2. The van der Waals surface area contributed by atoms with Crippen molar-refractivity contribution in [2.24, 2.45) is 0 Å². The zero-order valence-corrected chi connectivity index (χ0v) is 18.6. The van der Waals surface area contributed by atoms with Gasteiger partial charge < -0.3 is 15.5 Å². The molecule has 0 bridgehead atoms. The number of rotatable bonds is 5. The van der Waals surface area contributed by atoms with Crippen molar-refractivity contribution >= 4 is 35.0 Å². The van der Waals surface area contributed by atoms with E-state index < -0.39 is 35.5 Å². The second-order valence-corrected chi connectivity index (χ2v) is 8.28. The number of alkyl halides is 3. The monoisotopic (exact) mass is 491 g/mol. The predicted molar refractivity (Wildman–Crippen MR) is 116 cm³/mol. The van der Waals surface area contributed by atoms with Crippen LogP contribution < -0.4 is 5.32 Å². The molecule has 3 rings (SSSR count). The molecule has 0 saturated carbocycles. The maximum atomic E-state index is 13.6. The third kappa shape index (κ3) is 6.45. The van der Waals surface area contributed by atoms with Gasteiger partial charge in [-0.25, -0.2) is 4.79 Å². The number of halogens is 5. The van der Waals surface area contributed by atoms with E-state index in [-0.39, 0.29) is 26.7 Å². The van der Waals surface area contributed by atoms with E-state index in [0.717, 1.165) is 30.3 Å². The normalized spacial score (nSPS) is 15.5. The van der Waals surface area contributed by atoms with Crippen LogP contribution in [0.2, 0.25) is 10.0 Å².